The Morgan fingerprint density at radius 2 is 1.79 bits per heavy atom. The number of aryl methyl sites for hydroxylation is 2. The van der Waals surface area contributed by atoms with Crippen LogP contribution >= 0.6 is 0 Å². The Balaban J connectivity index is 1.15. The number of para-hydroxylation sites is 1. The van der Waals surface area contributed by atoms with E-state index in [0.717, 1.165) is 46.1 Å². The van der Waals surface area contributed by atoms with Crippen LogP contribution in [0, 0.1) is 13.8 Å². The Kier molecular flexibility index (Phi) is 5.03. The summed E-state index contributed by atoms with van der Waals surface area (Å²) in [6, 6.07) is 16.3. The zero-order valence-corrected chi connectivity index (χ0v) is 19.4. The van der Waals surface area contributed by atoms with Crippen LogP contribution in [0.25, 0.3) is 27.6 Å². The minimum absolute atomic E-state index is 0.107. The lowest BCUT2D eigenvalue weighted by Crippen LogP contribution is -2.46. The molecule has 6 rings (SSSR count). The van der Waals surface area contributed by atoms with E-state index >= 15 is 0 Å². The summed E-state index contributed by atoms with van der Waals surface area (Å²) in [6.07, 6.45) is 3.89. The van der Waals surface area contributed by atoms with Crippen molar-refractivity contribution in [1.29, 1.82) is 0 Å². The molecule has 4 heterocycles. The lowest BCUT2D eigenvalue weighted by molar-refractivity contribution is 0.175. The van der Waals surface area contributed by atoms with E-state index in [1.807, 2.05) is 29.2 Å². The highest BCUT2D eigenvalue weighted by atomic mass is 16.2. The molecule has 0 saturated carbocycles. The van der Waals surface area contributed by atoms with Gasteiger partial charge in [-0.05, 0) is 68.1 Å². The topological polar surface area (TPSA) is 80.3 Å². The molecule has 0 aliphatic carbocycles. The number of fused-ring (bicyclic) bond motifs is 4. The van der Waals surface area contributed by atoms with Gasteiger partial charge in [-0.25, -0.2) is 9.78 Å². The van der Waals surface area contributed by atoms with Gasteiger partial charge in [-0.1, -0.05) is 23.4 Å². The molecule has 34 heavy (non-hydrogen) atoms. The van der Waals surface area contributed by atoms with Gasteiger partial charge in [0.15, 0.2) is 0 Å². The molecule has 0 spiro atoms. The number of hydrogen-bond donors (Lipinski definition) is 1. The van der Waals surface area contributed by atoms with E-state index in [9.17, 15) is 4.79 Å². The number of nitrogens with zero attached hydrogens (tertiary/aromatic N) is 6. The lowest BCUT2D eigenvalue weighted by Gasteiger charge is -2.32. The average Bonchev–Trinajstić information content (AvgIpc) is 3.53. The van der Waals surface area contributed by atoms with E-state index in [-0.39, 0.29) is 6.03 Å². The molecule has 8 nitrogen and oxygen atoms in total. The molecule has 0 unspecified atom stereocenters. The van der Waals surface area contributed by atoms with Crippen LogP contribution in [0.4, 0.5) is 4.79 Å². The number of piperidine rings is 1. The maximum atomic E-state index is 13.0. The Hall–Kier alpha value is -3.78. The molecule has 2 aromatic carbocycles. The Labute approximate surface area is 197 Å². The predicted molar refractivity (Wildman–Crippen MR) is 132 cm³/mol. The summed E-state index contributed by atoms with van der Waals surface area (Å²) in [7, 11) is 0. The summed E-state index contributed by atoms with van der Waals surface area (Å²) in [4.78, 5) is 19.9. The first-order chi connectivity index (χ1) is 16.6. The molecule has 8 heteroatoms. The molecule has 172 valence electrons. The van der Waals surface area contributed by atoms with Crippen LogP contribution in [-0.4, -0.2) is 54.4 Å². The van der Waals surface area contributed by atoms with Crippen molar-refractivity contribution in [3.05, 3.63) is 71.5 Å². The normalized spacial score (nSPS) is 15.1. The van der Waals surface area contributed by atoms with Crippen LogP contribution in [0.2, 0.25) is 0 Å². The van der Waals surface area contributed by atoms with E-state index in [4.69, 9.17) is 4.98 Å². The number of carbonyl (C=O) groups excluding carboxylic acids is 1. The first-order valence-electron chi connectivity index (χ1n) is 11.8. The van der Waals surface area contributed by atoms with Gasteiger partial charge in [0.05, 0.1) is 27.8 Å². The van der Waals surface area contributed by atoms with Crippen molar-refractivity contribution in [2.45, 2.75) is 39.3 Å². The van der Waals surface area contributed by atoms with Crippen LogP contribution in [-0.2, 0) is 6.54 Å². The maximum absolute atomic E-state index is 13.0. The Morgan fingerprint density at radius 3 is 2.65 bits per heavy atom. The maximum Gasteiger partial charge on any atom is 0.346 e. The van der Waals surface area contributed by atoms with Crippen molar-refractivity contribution in [2.75, 3.05) is 13.1 Å². The van der Waals surface area contributed by atoms with Gasteiger partial charge >= 0.3 is 6.03 Å². The van der Waals surface area contributed by atoms with Gasteiger partial charge in [-0.3, -0.25) is 0 Å². The van der Waals surface area contributed by atoms with Gasteiger partial charge in [0.2, 0.25) is 0 Å². The highest BCUT2D eigenvalue weighted by molar-refractivity contribution is 5.87. The SMILES string of the molecule is Cc1ccc2c(nc(CNC3CCN(C(=O)n4nnc5ccccc54)CC3)c3cccn32)c1C. The molecule has 0 atom stereocenters. The molecule has 1 aliphatic heterocycles. The molecule has 1 N–H and O–H groups in total. The van der Waals surface area contributed by atoms with Crippen molar-refractivity contribution in [1.82, 2.24) is 34.6 Å². The second kappa shape index (κ2) is 8.22. The third kappa shape index (κ3) is 3.42. The second-order valence-electron chi connectivity index (χ2n) is 9.11. The second-order valence-corrected chi connectivity index (χ2v) is 9.11. The van der Waals surface area contributed by atoms with Gasteiger partial charge in [-0.2, -0.15) is 4.68 Å². The molecule has 1 saturated heterocycles. The number of amides is 1. The Bertz CT molecular complexity index is 1520. The molecule has 0 radical (unpaired) electrons. The van der Waals surface area contributed by atoms with E-state index in [2.05, 4.69) is 64.3 Å². The summed E-state index contributed by atoms with van der Waals surface area (Å²) in [6.45, 7) is 6.35. The van der Waals surface area contributed by atoms with Gasteiger partial charge < -0.3 is 14.6 Å². The van der Waals surface area contributed by atoms with E-state index in [1.54, 1.807) is 0 Å². The van der Waals surface area contributed by atoms with Crippen LogP contribution in [0.5, 0.6) is 0 Å². The van der Waals surface area contributed by atoms with Gasteiger partial charge in [0.1, 0.15) is 5.52 Å². The summed E-state index contributed by atoms with van der Waals surface area (Å²) in [5.41, 5.74) is 8.34. The summed E-state index contributed by atoms with van der Waals surface area (Å²) >= 11 is 0. The van der Waals surface area contributed by atoms with Gasteiger partial charge in [0.25, 0.3) is 0 Å². The first kappa shape index (κ1) is 20.8. The molecule has 1 amide bonds. The number of nitrogens with one attached hydrogen (secondary N) is 1. The summed E-state index contributed by atoms with van der Waals surface area (Å²) in [5, 5.41) is 11.9. The van der Waals surface area contributed by atoms with E-state index in [0.29, 0.717) is 25.7 Å². The first-order valence-corrected chi connectivity index (χ1v) is 11.8. The molecule has 3 aromatic heterocycles. The number of carbonyl (C=O) groups is 1. The quantitative estimate of drug-likeness (QED) is 0.445. The fourth-order valence-corrected chi connectivity index (χ4v) is 4.93. The highest BCUT2D eigenvalue weighted by Crippen LogP contribution is 2.24. The van der Waals surface area contributed by atoms with Crippen LogP contribution in [0.3, 0.4) is 0 Å². The molecular formula is C26H27N7O. The van der Waals surface area contributed by atoms with Crippen LogP contribution in [0.1, 0.15) is 29.7 Å². The average molecular weight is 454 g/mol. The van der Waals surface area contributed by atoms with Gasteiger partial charge in [0, 0.05) is 31.9 Å². The molecule has 1 fully saturated rings. The smallest absolute Gasteiger partial charge is 0.323 e. The number of hydrogen-bond acceptors (Lipinski definition) is 5. The summed E-state index contributed by atoms with van der Waals surface area (Å²) in [5.74, 6) is 0. The fourth-order valence-electron chi connectivity index (χ4n) is 4.93. The van der Waals surface area contributed by atoms with E-state index in [1.165, 1.54) is 15.8 Å². The number of rotatable bonds is 3. The van der Waals surface area contributed by atoms with Crippen molar-refractivity contribution in [3.63, 3.8) is 0 Å². The minimum Gasteiger partial charge on any atom is -0.323 e. The monoisotopic (exact) mass is 453 g/mol. The predicted octanol–water partition coefficient (Wildman–Crippen LogP) is 4.07. The number of aromatic nitrogens is 5. The van der Waals surface area contributed by atoms with Crippen LogP contribution in [0.15, 0.2) is 54.7 Å². The van der Waals surface area contributed by atoms with Crippen LogP contribution < -0.4 is 5.32 Å². The largest absolute Gasteiger partial charge is 0.346 e. The van der Waals surface area contributed by atoms with Crippen molar-refractivity contribution in [3.8, 4) is 0 Å². The standard InChI is InChI=1S/C26H27N7O/c1-17-9-10-24-25(18(17)2)28-21(22-8-5-13-32(22)24)16-27-19-11-14-31(15-12-19)26(34)33-23-7-4-3-6-20(23)29-30-33/h3-10,13,19,27H,11-12,14-16H2,1-2H3. The minimum atomic E-state index is -0.107. The van der Waals surface area contributed by atoms with Crippen molar-refractivity contribution >= 4 is 33.6 Å². The number of benzene rings is 2. The Morgan fingerprint density at radius 1 is 1.00 bits per heavy atom. The number of likely N-dealkylation sites (tertiary alicyclic amines) is 1. The fraction of sp³-hybridized carbons (Fsp3) is 0.308. The van der Waals surface area contributed by atoms with Gasteiger partial charge in [-0.15, -0.1) is 5.10 Å². The molecule has 0 bridgehead atoms. The van der Waals surface area contributed by atoms with Crippen molar-refractivity contribution < 1.29 is 4.79 Å². The van der Waals surface area contributed by atoms with Crippen molar-refractivity contribution in [2.24, 2.45) is 0 Å². The third-order valence-electron chi connectivity index (χ3n) is 7.09. The lowest BCUT2D eigenvalue weighted by atomic mass is 10.0. The third-order valence-corrected chi connectivity index (χ3v) is 7.09. The zero-order valence-electron chi connectivity index (χ0n) is 19.4. The molecular weight excluding hydrogens is 426 g/mol. The zero-order chi connectivity index (χ0) is 23.2. The molecule has 5 aromatic rings. The summed E-state index contributed by atoms with van der Waals surface area (Å²) < 4.78 is 3.64. The molecule has 1 aliphatic rings. The van der Waals surface area contributed by atoms with E-state index < -0.39 is 0 Å². The highest BCUT2D eigenvalue weighted by Gasteiger charge is 2.25.